The smallest absolute Gasteiger partial charge is 0.244 e. The van der Waals surface area contributed by atoms with Gasteiger partial charge in [-0.3, -0.25) is 19.3 Å². The molecule has 1 aliphatic heterocycles. The Balaban J connectivity index is 1.67. The van der Waals surface area contributed by atoms with Crippen molar-refractivity contribution in [2.75, 3.05) is 11.9 Å². The van der Waals surface area contributed by atoms with Crippen molar-refractivity contribution < 1.29 is 14.4 Å². The van der Waals surface area contributed by atoms with E-state index in [1.54, 1.807) is 18.2 Å². The fourth-order valence-electron chi connectivity index (χ4n) is 2.94. The van der Waals surface area contributed by atoms with Gasteiger partial charge in [0.15, 0.2) is 0 Å². The molecule has 0 saturated carbocycles. The van der Waals surface area contributed by atoms with E-state index in [0.29, 0.717) is 18.5 Å². The van der Waals surface area contributed by atoms with Crippen molar-refractivity contribution in [2.45, 2.75) is 12.8 Å². The van der Waals surface area contributed by atoms with E-state index >= 15 is 0 Å². The number of imide groups is 1. The number of anilines is 1. The van der Waals surface area contributed by atoms with E-state index in [4.69, 9.17) is 0 Å². The van der Waals surface area contributed by atoms with Crippen LogP contribution in [-0.4, -0.2) is 29.2 Å². The first-order chi connectivity index (χ1) is 10.6. The van der Waals surface area contributed by atoms with Gasteiger partial charge in [0, 0.05) is 10.2 Å². The zero-order valence-corrected chi connectivity index (χ0v) is 13.4. The Kier molecular flexibility index (Phi) is 4.11. The summed E-state index contributed by atoms with van der Waals surface area (Å²) in [5, 5.41) is 2.70. The third kappa shape index (κ3) is 2.83. The molecule has 22 heavy (non-hydrogen) atoms. The number of likely N-dealkylation sites (tertiary alicyclic amines) is 1. The Morgan fingerprint density at radius 1 is 1.18 bits per heavy atom. The number of carbonyl (C=O) groups is 3. The average molecular weight is 363 g/mol. The second-order valence-electron chi connectivity index (χ2n) is 5.48. The molecule has 1 saturated heterocycles. The molecule has 114 valence electrons. The van der Waals surface area contributed by atoms with Crippen LogP contribution in [0.4, 0.5) is 5.69 Å². The highest BCUT2D eigenvalue weighted by Gasteiger charge is 2.47. The maximum Gasteiger partial charge on any atom is 0.244 e. The van der Waals surface area contributed by atoms with Crippen LogP contribution in [0.5, 0.6) is 0 Å². The van der Waals surface area contributed by atoms with Gasteiger partial charge in [0.2, 0.25) is 17.7 Å². The van der Waals surface area contributed by atoms with Crippen molar-refractivity contribution in [3.05, 3.63) is 40.9 Å². The van der Waals surface area contributed by atoms with Gasteiger partial charge in [-0.1, -0.05) is 34.1 Å². The fraction of sp³-hybridized carbons (Fsp3) is 0.312. The topological polar surface area (TPSA) is 66.5 Å². The predicted molar refractivity (Wildman–Crippen MR) is 84.8 cm³/mol. The summed E-state index contributed by atoms with van der Waals surface area (Å²) in [5.74, 6) is -1.42. The van der Waals surface area contributed by atoms with Crippen LogP contribution in [0.3, 0.4) is 0 Å². The number of fused-ring (bicyclic) bond motifs is 1. The van der Waals surface area contributed by atoms with E-state index in [1.165, 1.54) is 0 Å². The number of hydrogen-bond donors (Lipinski definition) is 1. The first kappa shape index (κ1) is 15.0. The summed E-state index contributed by atoms with van der Waals surface area (Å²) >= 11 is 3.32. The maximum atomic E-state index is 12.3. The van der Waals surface area contributed by atoms with E-state index in [9.17, 15) is 14.4 Å². The lowest BCUT2D eigenvalue weighted by Gasteiger charge is -2.14. The molecule has 1 aliphatic carbocycles. The van der Waals surface area contributed by atoms with Gasteiger partial charge < -0.3 is 5.32 Å². The normalized spacial score (nSPS) is 23.6. The van der Waals surface area contributed by atoms with Crippen molar-refractivity contribution in [1.82, 2.24) is 4.90 Å². The van der Waals surface area contributed by atoms with Gasteiger partial charge in [-0.2, -0.15) is 0 Å². The molecule has 6 heteroatoms. The van der Waals surface area contributed by atoms with Gasteiger partial charge >= 0.3 is 0 Å². The molecule has 2 aliphatic rings. The molecule has 1 aromatic rings. The van der Waals surface area contributed by atoms with Crippen molar-refractivity contribution >= 4 is 39.3 Å². The number of amides is 3. The SMILES string of the molecule is O=C(CN1C(=O)[C@H]2CC=CC[C@@H]2C1=O)Nc1cccc(Br)c1. The highest BCUT2D eigenvalue weighted by molar-refractivity contribution is 9.10. The van der Waals surface area contributed by atoms with E-state index in [2.05, 4.69) is 21.2 Å². The molecule has 2 atom stereocenters. The summed E-state index contributed by atoms with van der Waals surface area (Å²) in [5.41, 5.74) is 0.623. The van der Waals surface area contributed by atoms with Gasteiger partial charge in [0.1, 0.15) is 6.54 Å². The van der Waals surface area contributed by atoms with Gasteiger partial charge in [0.25, 0.3) is 0 Å². The summed E-state index contributed by atoms with van der Waals surface area (Å²) < 4.78 is 0.843. The Bertz CT molecular complexity index is 645. The van der Waals surface area contributed by atoms with Crippen molar-refractivity contribution in [3.63, 3.8) is 0 Å². The Labute approximate surface area is 136 Å². The first-order valence-electron chi connectivity index (χ1n) is 7.12. The average Bonchev–Trinajstić information content (AvgIpc) is 2.73. The Hall–Kier alpha value is -1.95. The van der Waals surface area contributed by atoms with Crippen molar-refractivity contribution in [2.24, 2.45) is 11.8 Å². The largest absolute Gasteiger partial charge is 0.324 e. The van der Waals surface area contributed by atoms with Gasteiger partial charge in [-0.05, 0) is 31.0 Å². The Morgan fingerprint density at radius 3 is 2.41 bits per heavy atom. The molecule has 3 amide bonds. The van der Waals surface area contributed by atoms with Crippen LogP contribution >= 0.6 is 15.9 Å². The zero-order valence-electron chi connectivity index (χ0n) is 11.8. The predicted octanol–water partition coefficient (Wildman–Crippen LogP) is 2.34. The number of rotatable bonds is 3. The van der Waals surface area contributed by atoms with Gasteiger partial charge in [-0.15, -0.1) is 0 Å². The van der Waals surface area contributed by atoms with Crippen LogP contribution in [-0.2, 0) is 14.4 Å². The van der Waals surface area contributed by atoms with Crippen LogP contribution in [0.15, 0.2) is 40.9 Å². The third-order valence-corrected chi connectivity index (χ3v) is 4.50. The lowest BCUT2D eigenvalue weighted by atomic mass is 9.85. The molecule has 1 aromatic carbocycles. The van der Waals surface area contributed by atoms with E-state index in [1.807, 2.05) is 18.2 Å². The summed E-state index contributed by atoms with van der Waals surface area (Å²) in [6.45, 7) is -0.225. The second-order valence-corrected chi connectivity index (χ2v) is 6.39. The number of hydrogen-bond acceptors (Lipinski definition) is 3. The lowest BCUT2D eigenvalue weighted by Crippen LogP contribution is -2.38. The molecule has 0 aromatic heterocycles. The molecule has 0 unspecified atom stereocenters. The molecule has 1 fully saturated rings. The number of nitrogens with zero attached hydrogens (tertiary/aromatic N) is 1. The van der Waals surface area contributed by atoms with Gasteiger partial charge in [-0.25, -0.2) is 0 Å². The molecule has 1 N–H and O–H groups in total. The lowest BCUT2D eigenvalue weighted by molar-refractivity contribution is -0.142. The summed E-state index contributed by atoms with van der Waals surface area (Å²) in [4.78, 5) is 37.7. The zero-order chi connectivity index (χ0) is 15.7. The van der Waals surface area contributed by atoms with E-state index in [-0.39, 0.29) is 36.1 Å². The summed E-state index contributed by atoms with van der Waals surface area (Å²) in [7, 11) is 0. The molecular formula is C16H15BrN2O3. The van der Waals surface area contributed by atoms with E-state index in [0.717, 1.165) is 9.37 Å². The van der Waals surface area contributed by atoms with Crippen LogP contribution in [0.1, 0.15) is 12.8 Å². The monoisotopic (exact) mass is 362 g/mol. The van der Waals surface area contributed by atoms with Crippen LogP contribution in [0.25, 0.3) is 0 Å². The highest BCUT2D eigenvalue weighted by atomic mass is 79.9. The van der Waals surface area contributed by atoms with Gasteiger partial charge in [0.05, 0.1) is 11.8 Å². The molecule has 5 nitrogen and oxygen atoms in total. The fourth-order valence-corrected chi connectivity index (χ4v) is 3.33. The standard InChI is InChI=1S/C16H15BrN2O3/c17-10-4-3-5-11(8-10)18-14(20)9-19-15(21)12-6-1-2-7-13(12)16(19)22/h1-5,8,12-13H,6-7,9H2,(H,18,20)/t12-,13-/m0/s1. The second kappa shape index (κ2) is 6.04. The molecule has 0 bridgehead atoms. The molecular weight excluding hydrogens is 348 g/mol. The van der Waals surface area contributed by atoms with Crippen LogP contribution < -0.4 is 5.32 Å². The minimum Gasteiger partial charge on any atom is -0.324 e. The van der Waals surface area contributed by atoms with Crippen molar-refractivity contribution in [3.8, 4) is 0 Å². The minimum atomic E-state index is -0.369. The van der Waals surface area contributed by atoms with Crippen LogP contribution in [0.2, 0.25) is 0 Å². The summed E-state index contributed by atoms with van der Waals surface area (Å²) in [6.07, 6.45) is 5.02. The quantitative estimate of drug-likeness (QED) is 0.662. The molecule has 1 heterocycles. The number of halogens is 1. The number of benzene rings is 1. The third-order valence-electron chi connectivity index (χ3n) is 4.01. The molecule has 0 spiro atoms. The summed E-state index contributed by atoms with van der Waals surface area (Å²) in [6, 6.07) is 7.15. The Morgan fingerprint density at radius 2 is 1.82 bits per heavy atom. The number of allylic oxidation sites excluding steroid dienone is 2. The van der Waals surface area contributed by atoms with E-state index < -0.39 is 0 Å². The number of carbonyl (C=O) groups excluding carboxylic acids is 3. The molecule has 3 rings (SSSR count). The van der Waals surface area contributed by atoms with Crippen molar-refractivity contribution in [1.29, 1.82) is 0 Å². The molecule has 0 radical (unpaired) electrons. The maximum absolute atomic E-state index is 12.3. The first-order valence-corrected chi connectivity index (χ1v) is 7.91. The number of nitrogens with one attached hydrogen (secondary N) is 1. The minimum absolute atomic E-state index is 0.225. The highest BCUT2D eigenvalue weighted by Crippen LogP contribution is 2.34. The van der Waals surface area contributed by atoms with Crippen LogP contribution in [0, 0.1) is 11.8 Å².